The maximum absolute atomic E-state index is 11.5. The summed E-state index contributed by atoms with van der Waals surface area (Å²) in [6.07, 6.45) is 4.35. The van der Waals surface area contributed by atoms with E-state index < -0.39 is 0 Å². The maximum Gasteiger partial charge on any atom is 0.327 e. The Morgan fingerprint density at radius 1 is 1.28 bits per heavy atom. The summed E-state index contributed by atoms with van der Waals surface area (Å²) in [6, 6.07) is 10.6. The lowest BCUT2D eigenvalue weighted by atomic mass is 9.99. The summed E-state index contributed by atoms with van der Waals surface area (Å²) >= 11 is 0. The van der Waals surface area contributed by atoms with Crippen LogP contribution in [0, 0.1) is 0 Å². The van der Waals surface area contributed by atoms with E-state index in [1.165, 1.54) is 19.0 Å². The van der Waals surface area contributed by atoms with Gasteiger partial charge in [0, 0.05) is 19.0 Å². The van der Waals surface area contributed by atoms with E-state index in [4.69, 9.17) is 4.74 Å². The first-order chi connectivity index (χ1) is 12.3. The van der Waals surface area contributed by atoms with Gasteiger partial charge in [0.05, 0.1) is 18.7 Å². The smallest absolute Gasteiger partial charge is 0.327 e. The number of rotatable bonds is 4. The van der Waals surface area contributed by atoms with Crippen LogP contribution in [0.15, 0.2) is 42.9 Å². The minimum Gasteiger partial charge on any atom is -0.468 e. The van der Waals surface area contributed by atoms with Gasteiger partial charge in [0.1, 0.15) is 18.7 Å². The van der Waals surface area contributed by atoms with E-state index in [1.54, 1.807) is 10.9 Å². The van der Waals surface area contributed by atoms with Crippen molar-refractivity contribution >= 4 is 22.8 Å². The molecule has 7 heteroatoms. The molecule has 25 heavy (non-hydrogen) atoms. The fourth-order valence-electron chi connectivity index (χ4n) is 3.39. The molecule has 1 atom stereocenters. The van der Waals surface area contributed by atoms with Crippen LogP contribution < -0.4 is 4.90 Å². The van der Waals surface area contributed by atoms with E-state index in [0.717, 1.165) is 30.7 Å². The standard InChI is InChI=1S/C18H19N5O2/c1-25-16(24)11-23-18-15(9-21-23)17(19-12-20-18)22-8-7-14(10-22)13-5-3-2-4-6-13/h2-6,9,12,14H,7-8,10-11H2,1H3/t14-/m0/s1. The zero-order chi connectivity index (χ0) is 17.2. The number of carbonyl (C=O) groups is 1. The maximum atomic E-state index is 11.5. The first-order valence-electron chi connectivity index (χ1n) is 8.29. The van der Waals surface area contributed by atoms with Gasteiger partial charge in [-0.2, -0.15) is 5.10 Å². The number of aromatic nitrogens is 4. The summed E-state index contributed by atoms with van der Waals surface area (Å²) in [5, 5.41) is 5.14. The van der Waals surface area contributed by atoms with E-state index >= 15 is 0 Å². The Morgan fingerprint density at radius 3 is 2.92 bits per heavy atom. The zero-order valence-corrected chi connectivity index (χ0v) is 14.0. The molecule has 4 rings (SSSR count). The first-order valence-corrected chi connectivity index (χ1v) is 8.29. The fourth-order valence-corrected chi connectivity index (χ4v) is 3.39. The summed E-state index contributed by atoms with van der Waals surface area (Å²) in [4.78, 5) is 22.6. The van der Waals surface area contributed by atoms with Crippen molar-refractivity contribution in [2.75, 3.05) is 25.1 Å². The number of fused-ring (bicyclic) bond motifs is 1. The van der Waals surface area contributed by atoms with E-state index in [9.17, 15) is 4.79 Å². The monoisotopic (exact) mass is 337 g/mol. The van der Waals surface area contributed by atoms with Crippen molar-refractivity contribution in [2.45, 2.75) is 18.9 Å². The molecule has 3 heterocycles. The van der Waals surface area contributed by atoms with Gasteiger partial charge in [-0.05, 0) is 12.0 Å². The molecule has 1 fully saturated rings. The Hall–Kier alpha value is -2.96. The lowest BCUT2D eigenvalue weighted by Gasteiger charge is -2.18. The highest BCUT2D eigenvalue weighted by Gasteiger charge is 2.26. The molecule has 0 radical (unpaired) electrons. The lowest BCUT2D eigenvalue weighted by molar-refractivity contribution is -0.141. The minimum atomic E-state index is -0.351. The predicted molar refractivity (Wildman–Crippen MR) is 93.4 cm³/mol. The van der Waals surface area contributed by atoms with Crippen molar-refractivity contribution < 1.29 is 9.53 Å². The molecule has 1 aliphatic heterocycles. The van der Waals surface area contributed by atoms with Crippen molar-refractivity contribution in [3.63, 3.8) is 0 Å². The van der Waals surface area contributed by atoms with Gasteiger partial charge < -0.3 is 9.64 Å². The summed E-state index contributed by atoms with van der Waals surface area (Å²) in [5.74, 6) is 1.02. The number of esters is 1. The highest BCUT2D eigenvalue weighted by molar-refractivity contribution is 5.87. The Bertz CT molecular complexity index is 893. The van der Waals surface area contributed by atoms with Crippen LogP contribution in [0.1, 0.15) is 17.9 Å². The molecule has 0 spiro atoms. The summed E-state index contributed by atoms with van der Waals surface area (Å²) in [6.45, 7) is 1.90. The average molecular weight is 337 g/mol. The molecule has 0 bridgehead atoms. The molecule has 0 N–H and O–H groups in total. The van der Waals surface area contributed by atoms with Gasteiger partial charge >= 0.3 is 5.97 Å². The second kappa shape index (κ2) is 6.51. The topological polar surface area (TPSA) is 73.1 Å². The van der Waals surface area contributed by atoms with Crippen molar-refractivity contribution in [2.24, 2.45) is 0 Å². The number of methoxy groups -OCH3 is 1. The molecule has 3 aromatic rings. The largest absolute Gasteiger partial charge is 0.468 e. The van der Waals surface area contributed by atoms with Gasteiger partial charge in [-0.15, -0.1) is 0 Å². The third-order valence-electron chi connectivity index (χ3n) is 4.68. The molecule has 1 saturated heterocycles. The lowest BCUT2D eigenvalue weighted by Crippen LogP contribution is -2.21. The van der Waals surface area contributed by atoms with Crippen LogP contribution in [0.5, 0.6) is 0 Å². The predicted octanol–water partition coefficient (Wildman–Crippen LogP) is 1.99. The molecule has 128 valence electrons. The van der Waals surface area contributed by atoms with Crippen molar-refractivity contribution in [3.8, 4) is 0 Å². The second-order valence-corrected chi connectivity index (χ2v) is 6.16. The summed E-state index contributed by atoms with van der Waals surface area (Å²) < 4.78 is 6.26. The molecular weight excluding hydrogens is 318 g/mol. The molecular formula is C18H19N5O2. The molecule has 0 amide bonds. The highest BCUT2D eigenvalue weighted by Crippen LogP contribution is 2.32. The van der Waals surface area contributed by atoms with Gasteiger partial charge in [0.15, 0.2) is 5.65 Å². The van der Waals surface area contributed by atoms with Crippen LogP contribution in [-0.2, 0) is 16.1 Å². The Morgan fingerprint density at radius 2 is 2.12 bits per heavy atom. The third-order valence-corrected chi connectivity index (χ3v) is 4.68. The Kier molecular flexibility index (Phi) is 4.05. The molecule has 0 unspecified atom stereocenters. The van der Waals surface area contributed by atoms with Crippen LogP contribution >= 0.6 is 0 Å². The summed E-state index contributed by atoms with van der Waals surface area (Å²) in [7, 11) is 1.36. The number of benzene rings is 1. The van der Waals surface area contributed by atoms with Crippen LogP contribution in [0.3, 0.4) is 0 Å². The van der Waals surface area contributed by atoms with E-state index in [0.29, 0.717) is 11.6 Å². The van der Waals surface area contributed by atoms with Crippen LogP contribution in [-0.4, -0.2) is 45.9 Å². The third kappa shape index (κ3) is 2.93. The zero-order valence-electron chi connectivity index (χ0n) is 14.0. The number of hydrogen-bond donors (Lipinski definition) is 0. The normalized spacial score (nSPS) is 17.2. The van der Waals surface area contributed by atoms with Gasteiger partial charge in [0.2, 0.25) is 0 Å². The van der Waals surface area contributed by atoms with E-state index in [2.05, 4.69) is 44.2 Å². The van der Waals surface area contributed by atoms with Crippen molar-refractivity contribution in [1.82, 2.24) is 19.7 Å². The van der Waals surface area contributed by atoms with Crippen LogP contribution in [0.25, 0.3) is 11.0 Å². The SMILES string of the molecule is COC(=O)Cn1ncc2c(N3CC[C@H](c4ccccc4)C3)ncnc21. The number of carbonyl (C=O) groups excluding carboxylic acids is 1. The Balaban J connectivity index is 1.61. The van der Waals surface area contributed by atoms with Gasteiger partial charge in [-0.25, -0.2) is 14.6 Å². The van der Waals surface area contributed by atoms with Gasteiger partial charge in [-0.1, -0.05) is 30.3 Å². The van der Waals surface area contributed by atoms with Gasteiger partial charge in [0.25, 0.3) is 0 Å². The fraction of sp³-hybridized carbons (Fsp3) is 0.333. The number of hydrogen-bond acceptors (Lipinski definition) is 6. The second-order valence-electron chi connectivity index (χ2n) is 6.16. The number of ether oxygens (including phenoxy) is 1. The molecule has 0 aliphatic carbocycles. The highest BCUT2D eigenvalue weighted by atomic mass is 16.5. The summed E-state index contributed by atoms with van der Waals surface area (Å²) in [5.41, 5.74) is 2.01. The molecule has 7 nitrogen and oxygen atoms in total. The van der Waals surface area contributed by atoms with Gasteiger partial charge in [-0.3, -0.25) is 4.79 Å². The molecule has 2 aromatic heterocycles. The quantitative estimate of drug-likeness (QED) is 0.678. The van der Waals surface area contributed by atoms with E-state index in [-0.39, 0.29) is 12.5 Å². The van der Waals surface area contributed by atoms with Crippen LogP contribution in [0.4, 0.5) is 5.82 Å². The average Bonchev–Trinajstić information content (AvgIpc) is 3.30. The number of nitrogens with zero attached hydrogens (tertiary/aromatic N) is 5. The van der Waals surface area contributed by atoms with E-state index in [1.807, 2.05) is 6.07 Å². The first kappa shape index (κ1) is 15.6. The van der Waals surface area contributed by atoms with Crippen molar-refractivity contribution in [1.29, 1.82) is 0 Å². The molecule has 0 saturated carbocycles. The molecule has 1 aromatic carbocycles. The number of anilines is 1. The Labute approximate surface area is 145 Å². The minimum absolute atomic E-state index is 0.0447. The van der Waals surface area contributed by atoms with Crippen LogP contribution in [0.2, 0.25) is 0 Å². The van der Waals surface area contributed by atoms with Crippen molar-refractivity contribution in [3.05, 3.63) is 48.4 Å². The molecule has 1 aliphatic rings.